The molecular weight excluding hydrogens is 437 g/mol. The van der Waals surface area contributed by atoms with Gasteiger partial charge in [-0.15, -0.1) is 0 Å². The van der Waals surface area contributed by atoms with Gasteiger partial charge in [0.25, 0.3) is 5.91 Å². The van der Waals surface area contributed by atoms with Gasteiger partial charge in [-0.3, -0.25) is 9.59 Å². The van der Waals surface area contributed by atoms with Gasteiger partial charge in [-0.05, 0) is 48.0 Å². The van der Waals surface area contributed by atoms with Crippen molar-refractivity contribution in [1.82, 2.24) is 5.43 Å². The van der Waals surface area contributed by atoms with Crippen molar-refractivity contribution in [2.75, 3.05) is 5.32 Å². The first-order valence-electron chi connectivity index (χ1n) is 9.28. The first-order valence-corrected chi connectivity index (χ1v) is 10.0. The highest BCUT2D eigenvalue weighted by molar-refractivity contribution is 6.35. The second kappa shape index (κ2) is 10.6. The second-order valence-electron chi connectivity index (χ2n) is 6.56. The average Bonchev–Trinajstić information content (AvgIpc) is 2.73. The first kappa shape index (κ1) is 22.3. The molecule has 3 rings (SSSR count). The third-order valence-corrected chi connectivity index (χ3v) is 4.68. The van der Waals surface area contributed by atoms with E-state index in [4.69, 9.17) is 27.9 Å². The number of carbonyl (C=O) groups is 2. The predicted octanol–water partition coefficient (Wildman–Crippen LogP) is 5.29. The Kier molecular flexibility index (Phi) is 7.65. The maximum atomic E-state index is 12.3. The van der Waals surface area contributed by atoms with Crippen LogP contribution in [0, 0.1) is 0 Å². The van der Waals surface area contributed by atoms with Gasteiger partial charge in [-0.1, -0.05) is 47.5 Å². The number of carbonyl (C=O) groups excluding carboxylic acids is 2. The topological polar surface area (TPSA) is 79.8 Å². The van der Waals surface area contributed by atoms with E-state index in [9.17, 15) is 9.59 Å². The van der Waals surface area contributed by atoms with Crippen molar-refractivity contribution in [3.8, 4) is 5.75 Å². The summed E-state index contributed by atoms with van der Waals surface area (Å²) in [4.78, 5) is 23.4. The zero-order valence-electron chi connectivity index (χ0n) is 16.6. The molecule has 3 aromatic rings. The molecule has 8 heteroatoms. The first-order chi connectivity index (χ1) is 14.9. The normalized spacial score (nSPS) is 10.7. The minimum Gasteiger partial charge on any atom is -0.489 e. The van der Waals surface area contributed by atoms with Crippen LogP contribution < -0.4 is 15.5 Å². The van der Waals surface area contributed by atoms with Crippen LogP contribution in [0.1, 0.15) is 28.4 Å². The lowest BCUT2D eigenvalue weighted by Crippen LogP contribution is -2.18. The lowest BCUT2D eigenvalue weighted by molar-refractivity contribution is -0.114. The third-order valence-electron chi connectivity index (χ3n) is 4.09. The summed E-state index contributed by atoms with van der Waals surface area (Å²) in [5, 5.41) is 7.72. The summed E-state index contributed by atoms with van der Waals surface area (Å²) in [6, 6.07) is 19.1. The van der Waals surface area contributed by atoms with E-state index in [0.717, 1.165) is 11.1 Å². The predicted molar refractivity (Wildman–Crippen MR) is 123 cm³/mol. The lowest BCUT2D eigenvalue weighted by Gasteiger charge is -2.08. The molecule has 0 fully saturated rings. The molecule has 2 N–H and O–H groups in total. The quantitative estimate of drug-likeness (QED) is 0.374. The molecule has 0 heterocycles. The zero-order valence-corrected chi connectivity index (χ0v) is 18.1. The number of halogens is 2. The highest BCUT2D eigenvalue weighted by atomic mass is 35.5. The van der Waals surface area contributed by atoms with Crippen LogP contribution >= 0.6 is 23.2 Å². The van der Waals surface area contributed by atoms with Gasteiger partial charge in [0.15, 0.2) is 0 Å². The number of nitrogens with one attached hydrogen (secondary N) is 2. The molecule has 0 bridgehead atoms. The van der Waals surface area contributed by atoms with E-state index in [1.807, 2.05) is 24.3 Å². The number of ether oxygens (including phenoxy) is 1. The van der Waals surface area contributed by atoms with Crippen LogP contribution in [-0.4, -0.2) is 18.0 Å². The van der Waals surface area contributed by atoms with Crippen LogP contribution in [0.25, 0.3) is 0 Å². The van der Waals surface area contributed by atoms with E-state index in [1.165, 1.54) is 13.1 Å². The van der Waals surface area contributed by atoms with Gasteiger partial charge in [0.05, 0.1) is 6.21 Å². The summed E-state index contributed by atoms with van der Waals surface area (Å²) in [6.07, 6.45) is 1.51. The Bertz CT molecular complexity index is 1130. The fraction of sp³-hybridized carbons (Fsp3) is 0.0870. The van der Waals surface area contributed by atoms with Crippen molar-refractivity contribution < 1.29 is 14.3 Å². The van der Waals surface area contributed by atoms with Crippen molar-refractivity contribution in [3.63, 3.8) is 0 Å². The minimum atomic E-state index is -0.395. The van der Waals surface area contributed by atoms with E-state index in [-0.39, 0.29) is 12.5 Å². The standard InChI is InChI=1S/C23H19Cl2N3O3/c1-15(29)27-20-6-3-5-17(11-20)23(30)28-26-13-16-4-2-7-21(10-16)31-14-18-8-9-19(24)12-22(18)25/h2-13H,14H2,1H3,(H,27,29)(H,28,30). The Morgan fingerprint density at radius 3 is 2.61 bits per heavy atom. The number of hydrogen-bond acceptors (Lipinski definition) is 4. The Morgan fingerprint density at radius 2 is 1.84 bits per heavy atom. The van der Waals surface area contributed by atoms with Crippen molar-refractivity contribution in [3.05, 3.63) is 93.5 Å². The molecule has 0 aromatic heterocycles. The molecule has 0 aliphatic rings. The molecule has 3 aromatic carbocycles. The lowest BCUT2D eigenvalue weighted by atomic mass is 10.2. The molecule has 0 aliphatic heterocycles. The number of nitrogens with zero attached hydrogens (tertiary/aromatic N) is 1. The Balaban J connectivity index is 1.59. The smallest absolute Gasteiger partial charge is 0.271 e. The average molecular weight is 456 g/mol. The molecule has 0 saturated carbocycles. The highest BCUT2D eigenvalue weighted by Gasteiger charge is 2.06. The van der Waals surface area contributed by atoms with Crippen molar-refractivity contribution >= 4 is 46.9 Å². The maximum Gasteiger partial charge on any atom is 0.271 e. The van der Waals surface area contributed by atoms with Gasteiger partial charge in [-0.25, -0.2) is 5.43 Å². The molecule has 0 atom stereocenters. The summed E-state index contributed by atoms with van der Waals surface area (Å²) in [5.74, 6) is 0.0218. The summed E-state index contributed by atoms with van der Waals surface area (Å²) in [5.41, 5.74) is 4.94. The second-order valence-corrected chi connectivity index (χ2v) is 7.40. The largest absolute Gasteiger partial charge is 0.489 e. The fourth-order valence-electron chi connectivity index (χ4n) is 2.66. The van der Waals surface area contributed by atoms with Gasteiger partial charge in [0.2, 0.25) is 5.91 Å². The molecule has 0 saturated heterocycles. The van der Waals surface area contributed by atoms with Gasteiger partial charge in [0, 0.05) is 33.8 Å². The third kappa shape index (κ3) is 6.84. The van der Waals surface area contributed by atoms with Gasteiger partial charge < -0.3 is 10.1 Å². The van der Waals surface area contributed by atoms with Crippen LogP contribution in [0.5, 0.6) is 5.75 Å². The molecule has 0 aliphatic carbocycles. The summed E-state index contributed by atoms with van der Waals surface area (Å²) in [6.45, 7) is 1.69. The monoisotopic (exact) mass is 455 g/mol. The number of hydrogen-bond donors (Lipinski definition) is 2. The van der Waals surface area contributed by atoms with E-state index >= 15 is 0 Å². The summed E-state index contributed by atoms with van der Waals surface area (Å²) >= 11 is 12.1. The molecule has 2 amide bonds. The molecule has 31 heavy (non-hydrogen) atoms. The van der Waals surface area contributed by atoms with Crippen molar-refractivity contribution in [2.45, 2.75) is 13.5 Å². The fourth-order valence-corrected chi connectivity index (χ4v) is 3.12. The van der Waals surface area contributed by atoms with Crippen molar-refractivity contribution in [2.24, 2.45) is 5.10 Å². The number of hydrazone groups is 1. The minimum absolute atomic E-state index is 0.212. The van der Waals surface area contributed by atoms with Crippen LogP contribution in [0.3, 0.4) is 0 Å². The van der Waals surface area contributed by atoms with E-state index in [1.54, 1.807) is 42.5 Å². The van der Waals surface area contributed by atoms with E-state index in [2.05, 4.69) is 15.8 Å². The number of anilines is 1. The molecule has 158 valence electrons. The molecule has 0 radical (unpaired) electrons. The Labute approximate surface area is 189 Å². The zero-order chi connectivity index (χ0) is 22.2. The Morgan fingerprint density at radius 1 is 1.03 bits per heavy atom. The van der Waals surface area contributed by atoms with Gasteiger partial charge >= 0.3 is 0 Å². The van der Waals surface area contributed by atoms with Crippen LogP contribution in [-0.2, 0) is 11.4 Å². The molecule has 0 spiro atoms. The van der Waals surface area contributed by atoms with Gasteiger partial charge in [-0.2, -0.15) is 5.10 Å². The van der Waals surface area contributed by atoms with Gasteiger partial charge in [0.1, 0.15) is 12.4 Å². The van der Waals surface area contributed by atoms with Crippen LogP contribution in [0.4, 0.5) is 5.69 Å². The molecule has 6 nitrogen and oxygen atoms in total. The molecular formula is C23H19Cl2N3O3. The van der Waals surface area contributed by atoms with Crippen LogP contribution in [0.2, 0.25) is 10.0 Å². The summed E-state index contributed by atoms with van der Waals surface area (Å²) < 4.78 is 5.78. The van der Waals surface area contributed by atoms with E-state index in [0.29, 0.717) is 27.0 Å². The van der Waals surface area contributed by atoms with Crippen LogP contribution in [0.15, 0.2) is 71.8 Å². The maximum absolute atomic E-state index is 12.3. The highest BCUT2D eigenvalue weighted by Crippen LogP contribution is 2.23. The van der Waals surface area contributed by atoms with E-state index < -0.39 is 5.91 Å². The molecule has 0 unspecified atom stereocenters. The SMILES string of the molecule is CC(=O)Nc1cccc(C(=O)NN=Cc2cccc(OCc3ccc(Cl)cc3Cl)c2)c1. The Hall–Kier alpha value is -3.35. The summed E-state index contributed by atoms with van der Waals surface area (Å²) in [7, 11) is 0. The number of rotatable bonds is 7. The number of benzene rings is 3. The van der Waals surface area contributed by atoms with Crippen molar-refractivity contribution in [1.29, 1.82) is 0 Å². The number of amides is 2.